The van der Waals surface area contributed by atoms with Crippen LogP contribution in [0, 0.1) is 0 Å². The van der Waals surface area contributed by atoms with E-state index < -0.39 is 0 Å². The van der Waals surface area contributed by atoms with Gasteiger partial charge < -0.3 is 19.5 Å². The number of methoxy groups -OCH3 is 3. The van der Waals surface area contributed by atoms with E-state index in [0.717, 1.165) is 21.9 Å². The van der Waals surface area contributed by atoms with Gasteiger partial charge in [-0.1, -0.05) is 29.8 Å². The molecule has 0 aliphatic carbocycles. The van der Waals surface area contributed by atoms with E-state index in [2.05, 4.69) is 10.3 Å². The van der Waals surface area contributed by atoms with Crippen LogP contribution in [0.3, 0.4) is 0 Å². The van der Waals surface area contributed by atoms with Gasteiger partial charge in [0.1, 0.15) is 5.82 Å². The van der Waals surface area contributed by atoms with Crippen LogP contribution in [0.15, 0.2) is 36.5 Å². The average Bonchev–Trinajstić information content (AvgIpc) is 2.65. The van der Waals surface area contributed by atoms with Gasteiger partial charge in [0.05, 0.1) is 21.3 Å². The summed E-state index contributed by atoms with van der Waals surface area (Å²) in [5.74, 6) is 2.39. The highest BCUT2D eigenvalue weighted by Gasteiger charge is 2.22. The Morgan fingerprint density at radius 3 is 2.28 bits per heavy atom. The molecule has 1 aromatic heterocycles. The minimum absolute atomic E-state index is 0.527. The normalized spacial score (nSPS) is 10.6. The van der Waals surface area contributed by atoms with E-state index in [-0.39, 0.29) is 0 Å². The number of nitrogens with one attached hydrogen (secondary N) is 1. The molecule has 0 bridgehead atoms. The topological polar surface area (TPSA) is 52.6 Å². The molecule has 0 saturated carbocycles. The maximum Gasteiger partial charge on any atom is 0.203 e. The van der Waals surface area contributed by atoms with Crippen molar-refractivity contribution in [3.63, 3.8) is 0 Å². The molecule has 0 fully saturated rings. The highest BCUT2D eigenvalue weighted by Crippen LogP contribution is 2.48. The van der Waals surface area contributed by atoms with Gasteiger partial charge in [-0.3, -0.25) is 0 Å². The summed E-state index contributed by atoms with van der Waals surface area (Å²) in [6.07, 6.45) is 1.78. The van der Waals surface area contributed by atoms with E-state index in [9.17, 15) is 0 Å². The molecule has 3 aromatic rings. The number of hydrogen-bond acceptors (Lipinski definition) is 5. The number of benzene rings is 2. The lowest BCUT2D eigenvalue weighted by Gasteiger charge is -2.19. The van der Waals surface area contributed by atoms with Gasteiger partial charge in [-0.15, -0.1) is 0 Å². The van der Waals surface area contributed by atoms with Crippen LogP contribution in [0.4, 0.5) is 5.82 Å². The van der Waals surface area contributed by atoms with E-state index in [1.165, 1.54) is 0 Å². The van der Waals surface area contributed by atoms with E-state index in [4.69, 9.17) is 25.8 Å². The van der Waals surface area contributed by atoms with Crippen LogP contribution >= 0.6 is 11.6 Å². The third-order valence-electron chi connectivity index (χ3n) is 4.08. The first-order chi connectivity index (χ1) is 12.2. The monoisotopic (exact) mass is 358 g/mol. The van der Waals surface area contributed by atoms with Crippen LogP contribution in [-0.4, -0.2) is 33.4 Å². The molecular weight excluding hydrogens is 340 g/mol. The van der Waals surface area contributed by atoms with Gasteiger partial charge in [0.25, 0.3) is 0 Å². The quantitative estimate of drug-likeness (QED) is 0.721. The first-order valence-corrected chi connectivity index (χ1v) is 8.08. The van der Waals surface area contributed by atoms with Gasteiger partial charge in [0.15, 0.2) is 11.5 Å². The number of aromatic nitrogens is 1. The fraction of sp³-hybridized carbons (Fsp3) is 0.211. The highest BCUT2D eigenvalue weighted by atomic mass is 35.5. The second-order valence-corrected chi connectivity index (χ2v) is 5.73. The molecule has 1 heterocycles. The third-order valence-corrected chi connectivity index (χ3v) is 4.41. The van der Waals surface area contributed by atoms with Crippen molar-refractivity contribution < 1.29 is 14.2 Å². The number of nitrogens with zero attached hydrogens (tertiary/aromatic N) is 1. The van der Waals surface area contributed by atoms with Crippen LogP contribution in [0.5, 0.6) is 17.2 Å². The van der Waals surface area contributed by atoms with Crippen LogP contribution in [-0.2, 0) is 0 Å². The molecule has 5 nitrogen and oxygen atoms in total. The number of pyridine rings is 1. The minimum Gasteiger partial charge on any atom is -0.493 e. The minimum atomic E-state index is 0.527. The Kier molecular flexibility index (Phi) is 4.86. The molecule has 0 amide bonds. The van der Waals surface area contributed by atoms with Gasteiger partial charge >= 0.3 is 0 Å². The molecule has 0 atom stereocenters. The van der Waals surface area contributed by atoms with E-state index in [1.54, 1.807) is 27.5 Å². The summed E-state index contributed by atoms with van der Waals surface area (Å²) in [5.41, 5.74) is 1.73. The Hall–Kier alpha value is -2.66. The van der Waals surface area contributed by atoms with E-state index in [1.807, 2.05) is 37.4 Å². The Morgan fingerprint density at radius 2 is 1.68 bits per heavy atom. The Morgan fingerprint density at radius 1 is 0.960 bits per heavy atom. The van der Waals surface area contributed by atoms with Crippen LogP contribution in [0.2, 0.25) is 5.02 Å². The van der Waals surface area contributed by atoms with Crippen molar-refractivity contribution in [2.75, 3.05) is 33.7 Å². The summed E-state index contributed by atoms with van der Waals surface area (Å²) in [7, 11) is 6.60. The van der Waals surface area contributed by atoms with Crippen LogP contribution < -0.4 is 19.5 Å². The number of hydrogen-bond donors (Lipinski definition) is 1. The summed E-state index contributed by atoms with van der Waals surface area (Å²) >= 11 is 6.42. The molecule has 0 unspecified atom stereocenters. The predicted octanol–water partition coefficient (Wildman–Crippen LogP) is 4.62. The summed E-state index contributed by atoms with van der Waals surface area (Å²) in [6, 6.07) is 9.52. The molecule has 0 saturated heterocycles. The van der Waals surface area contributed by atoms with Gasteiger partial charge in [-0.25, -0.2) is 4.98 Å². The molecule has 0 aliphatic heterocycles. The zero-order chi connectivity index (χ0) is 18.0. The maximum atomic E-state index is 6.42. The maximum absolute atomic E-state index is 6.42. The standard InChI is InChI=1S/C19H19ClN2O3/c1-21-19-12-9-15(23-2)17(24-3)18(25-4)16(12)13(10-22-19)11-7-5-6-8-14(11)20/h5-10H,1-4H3,(H,21,22). The molecule has 0 aliphatic rings. The molecule has 25 heavy (non-hydrogen) atoms. The smallest absolute Gasteiger partial charge is 0.203 e. The van der Waals surface area contributed by atoms with Crippen LogP contribution in [0.25, 0.3) is 21.9 Å². The number of rotatable bonds is 5. The van der Waals surface area contributed by atoms with Gasteiger partial charge in [0, 0.05) is 40.2 Å². The zero-order valence-corrected chi connectivity index (χ0v) is 15.3. The lowest BCUT2D eigenvalue weighted by molar-refractivity contribution is 0.327. The average molecular weight is 359 g/mol. The first kappa shape index (κ1) is 17.2. The molecule has 0 spiro atoms. The molecule has 1 N–H and O–H groups in total. The molecular formula is C19H19ClN2O3. The Balaban J connectivity index is 2.50. The summed E-state index contributed by atoms with van der Waals surface area (Å²) in [4.78, 5) is 4.53. The predicted molar refractivity (Wildman–Crippen MR) is 101 cm³/mol. The Bertz CT molecular complexity index is 928. The van der Waals surface area contributed by atoms with Crippen LogP contribution in [0.1, 0.15) is 0 Å². The Labute approximate surface area is 151 Å². The molecule has 3 rings (SSSR count). The first-order valence-electron chi connectivity index (χ1n) is 7.70. The summed E-state index contributed by atoms with van der Waals surface area (Å²) in [6.45, 7) is 0. The van der Waals surface area contributed by atoms with Crippen molar-refractivity contribution in [3.8, 4) is 28.4 Å². The van der Waals surface area contributed by atoms with Gasteiger partial charge in [-0.05, 0) is 12.1 Å². The summed E-state index contributed by atoms with van der Waals surface area (Å²) < 4.78 is 16.7. The van der Waals surface area contributed by atoms with Crippen molar-refractivity contribution >= 4 is 28.2 Å². The SMILES string of the molecule is CNc1ncc(-c2ccccc2Cl)c2c(OC)c(OC)c(OC)cc12. The fourth-order valence-electron chi connectivity index (χ4n) is 2.96. The molecule has 6 heteroatoms. The zero-order valence-electron chi connectivity index (χ0n) is 14.5. The number of fused-ring (bicyclic) bond motifs is 1. The highest BCUT2D eigenvalue weighted by molar-refractivity contribution is 6.33. The second-order valence-electron chi connectivity index (χ2n) is 5.32. The van der Waals surface area contributed by atoms with Gasteiger partial charge in [0.2, 0.25) is 5.75 Å². The van der Waals surface area contributed by atoms with Crippen molar-refractivity contribution in [2.45, 2.75) is 0 Å². The lowest BCUT2D eigenvalue weighted by Crippen LogP contribution is -2.00. The third kappa shape index (κ3) is 2.81. The summed E-state index contributed by atoms with van der Waals surface area (Å²) in [5, 5.41) is 5.46. The molecule has 2 aromatic carbocycles. The van der Waals surface area contributed by atoms with Gasteiger partial charge in [-0.2, -0.15) is 0 Å². The number of halogens is 1. The lowest BCUT2D eigenvalue weighted by atomic mass is 9.98. The van der Waals surface area contributed by atoms with Crippen molar-refractivity contribution in [1.29, 1.82) is 0 Å². The largest absolute Gasteiger partial charge is 0.493 e. The van der Waals surface area contributed by atoms with E-state index >= 15 is 0 Å². The van der Waals surface area contributed by atoms with E-state index in [0.29, 0.717) is 28.1 Å². The molecule has 130 valence electrons. The number of anilines is 1. The fourth-order valence-corrected chi connectivity index (χ4v) is 3.19. The van der Waals surface area contributed by atoms with Crippen molar-refractivity contribution in [1.82, 2.24) is 4.98 Å². The van der Waals surface area contributed by atoms with Crippen molar-refractivity contribution in [2.24, 2.45) is 0 Å². The second kappa shape index (κ2) is 7.07. The molecule has 0 radical (unpaired) electrons. The van der Waals surface area contributed by atoms with Crippen molar-refractivity contribution in [3.05, 3.63) is 41.6 Å². The number of ether oxygens (including phenoxy) is 3.